The van der Waals surface area contributed by atoms with E-state index in [0.717, 1.165) is 60.2 Å². The Kier molecular flexibility index (Phi) is 7.54. The predicted octanol–water partition coefficient (Wildman–Crippen LogP) is 4.09. The minimum atomic E-state index is 0. The van der Waals surface area contributed by atoms with E-state index in [-0.39, 0.29) is 24.0 Å². The normalized spacial score (nSPS) is 21.6. The fourth-order valence-corrected chi connectivity index (χ4v) is 4.67. The summed E-state index contributed by atoms with van der Waals surface area (Å²) in [6.07, 6.45) is 7.49. The van der Waals surface area contributed by atoms with Gasteiger partial charge in [0.1, 0.15) is 0 Å². The van der Waals surface area contributed by atoms with Gasteiger partial charge in [-0.15, -0.1) is 24.0 Å². The molecule has 0 spiro atoms. The van der Waals surface area contributed by atoms with E-state index in [2.05, 4.69) is 46.3 Å². The van der Waals surface area contributed by atoms with Gasteiger partial charge in [0, 0.05) is 31.5 Å². The van der Waals surface area contributed by atoms with Crippen molar-refractivity contribution in [1.82, 2.24) is 25.0 Å². The molecule has 1 aliphatic heterocycles. The molecular formula is C22H33IN6. The number of aliphatic imine (C=N–C) groups is 1. The van der Waals surface area contributed by atoms with E-state index in [0.29, 0.717) is 6.54 Å². The molecule has 4 rings (SSSR count). The Morgan fingerprint density at radius 2 is 1.90 bits per heavy atom. The fraction of sp³-hybridized carbons (Fsp3) is 0.591. The molecule has 2 unspecified atom stereocenters. The standard InChI is InChI=1S/C22H32N6.HI/c1-4-23-22(27-14-19-7-5-6-8-20(19)15-27)25-13-18-9-10-21(24-12-18)28-17(3)11-16(2)26-28;/h9-12,19-20H,4-8,13-15H2,1-3H3,(H,23,25);1H. The summed E-state index contributed by atoms with van der Waals surface area (Å²) in [5, 5.41) is 8.00. The molecule has 2 aliphatic rings. The molecule has 7 heteroatoms. The van der Waals surface area contributed by atoms with Gasteiger partial charge in [-0.05, 0) is 63.1 Å². The van der Waals surface area contributed by atoms with Gasteiger partial charge in [0.05, 0.1) is 12.2 Å². The van der Waals surface area contributed by atoms with Crippen LogP contribution in [-0.4, -0.2) is 45.3 Å². The zero-order valence-electron chi connectivity index (χ0n) is 17.8. The number of hydrogen-bond donors (Lipinski definition) is 1. The van der Waals surface area contributed by atoms with Crippen LogP contribution in [-0.2, 0) is 6.54 Å². The first-order valence-corrected chi connectivity index (χ1v) is 10.7. The van der Waals surface area contributed by atoms with Crippen molar-refractivity contribution in [3.05, 3.63) is 41.3 Å². The quantitative estimate of drug-likeness (QED) is 0.384. The number of halogens is 1. The Labute approximate surface area is 191 Å². The average Bonchev–Trinajstić information content (AvgIpc) is 3.28. The van der Waals surface area contributed by atoms with Gasteiger partial charge >= 0.3 is 0 Å². The van der Waals surface area contributed by atoms with E-state index in [1.54, 1.807) is 0 Å². The van der Waals surface area contributed by atoms with Crippen molar-refractivity contribution in [2.24, 2.45) is 16.8 Å². The van der Waals surface area contributed by atoms with E-state index in [4.69, 9.17) is 4.99 Å². The summed E-state index contributed by atoms with van der Waals surface area (Å²) < 4.78 is 1.89. The predicted molar refractivity (Wildman–Crippen MR) is 128 cm³/mol. The first-order chi connectivity index (χ1) is 13.6. The highest BCUT2D eigenvalue weighted by atomic mass is 127. The lowest BCUT2D eigenvalue weighted by Crippen LogP contribution is -2.40. The third-order valence-electron chi connectivity index (χ3n) is 6.06. The van der Waals surface area contributed by atoms with Gasteiger partial charge in [-0.3, -0.25) is 0 Å². The van der Waals surface area contributed by atoms with Gasteiger partial charge in [0.25, 0.3) is 0 Å². The maximum Gasteiger partial charge on any atom is 0.194 e. The lowest BCUT2D eigenvalue weighted by Gasteiger charge is -2.22. The molecule has 3 heterocycles. The number of aryl methyl sites for hydroxylation is 2. The molecule has 0 radical (unpaired) electrons. The number of aromatic nitrogens is 3. The van der Waals surface area contributed by atoms with Crippen molar-refractivity contribution < 1.29 is 0 Å². The second-order valence-corrected chi connectivity index (χ2v) is 8.24. The third-order valence-corrected chi connectivity index (χ3v) is 6.06. The molecule has 1 saturated heterocycles. The second kappa shape index (κ2) is 9.91. The number of nitrogens with zero attached hydrogens (tertiary/aromatic N) is 5. The van der Waals surface area contributed by atoms with Gasteiger partial charge in [0.2, 0.25) is 0 Å². The summed E-state index contributed by atoms with van der Waals surface area (Å²) in [5.41, 5.74) is 3.23. The summed E-state index contributed by atoms with van der Waals surface area (Å²) in [6.45, 7) is 10.1. The molecule has 2 fully saturated rings. The average molecular weight is 508 g/mol. The highest BCUT2D eigenvalue weighted by molar-refractivity contribution is 14.0. The Morgan fingerprint density at radius 3 is 2.45 bits per heavy atom. The van der Waals surface area contributed by atoms with Crippen LogP contribution in [0.3, 0.4) is 0 Å². The Balaban J connectivity index is 0.00000240. The largest absolute Gasteiger partial charge is 0.357 e. The Bertz CT molecular complexity index is 814. The molecule has 0 amide bonds. The molecule has 1 aliphatic carbocycles. The van der Waals surface area contributed by atoms with E-state index >= 15 is 0 Å². The van der Waals surface area contributed by atoms with Crippen LogP contribution in [0.1, 0.15) is 49.6 Å². The van der Waals surface area contributed by atoms with Crippen LogP contribution >= 0.6 is 24.0 Å². The Morgan fingerprint density at radius 1 is 1.17 bits per heavy atom. The highest BCUT2D eigenvalue weighted by Crippen LogP contribution is 2.36. The molecular weight excluding hydrogens is 475 g/mol. The monoisotopic (exact) mass is 508 g/mol. The minimum absolute atomic E-state index is 0. The van der Waals surface area contributed by atoms with Crippen molar-refractivity contribution in [2.75, 3.05) is 19.6 Å². The van der Waals surface area contributed by atoms with E-state index in [1.165, 1.54) is 25.7 Å². The minimum Gasteiger partial charge on any atom is -0.357 e. The number of fused-ring (bicyclic) bond motifs is 1. The van der Waals surface area contributed by atoms with Gasteiger partial charge in [-0.2, -0.15) is 5.10 Å². The van der Waals surface area contributed by atoms with E-state index < -0.39 is 0 Å². The first-order valence-electron chi connectivity index (χ1n) is 10.7. The molecule has 29 heavy (non-hydrogen) atoms. The van der Waals surface area contributed by atoms with Crippen LogP contribution in [0.15, 0.2) is 29.4 Å². The number of rotatable bonds is 4. The molecule has 2 aromatic heterocycles. The van der Waals surface area contributed by atoms with Crippen molar-refractivity contribution >= 4 is 29.9 Å². The molecule has 1 saturated carbocycles. The van der Waals surface area contributed by atoms with Crippen LogP contribution in [0, 0.1) is 25.7 Å². The van der Waals surface area contributed by atoms with Gasteiger partial charge < -0.3 is 10.2 Å². The fourth-order valence-electron chi connectivity index (χ4n) is 4.67. The first kappa shape index (κ1) is 22.1. The van der Waals surface area contributed by atoms with Crippen LogP contribution in [0.5, 0.6) is 0 Å². The topological polar surface area (TPSA) is 58.3 Å². The Hall–Kier alpha value is -1.64. The molecule has 0 bridgehead atoms. The maximum atomic E-state index is 4.92. The SMILES string of the molecule is CCNC(=NCc1ccc(-n2nc(C)cc2C)nc1)N1CC2CCCCC2C1.I. The van der Waals surface area contributed by atoms with Crippen LogP contribution in [0.2, 0.25) is 0 Å². The van der Waals surface area contributed by atoms with Crippen molar-refractivity contribution in [1.29, 1.82) is 0 Å². The van der Waals surface area contributed by atoms with Gasteiger partial charge in [-0.1, -0.05) is 18.9 Å². The summed E-state index contributed by atoms with van der Waals surface area (Å²) in [5.74, 6) is 3.63. The zero-order chi connectivity index (χ0) is 19.5. The smallest absolute Gasteiger partial charge is 0.194 e. The molecule has 6 nitrogen and oxygen atoms in total. The van der Waals surface area contributed by atoms with E-state index in [9.17, 15) is 0 Å². The van der Waals surface area contributed by atoms with Crippen molar-refractivity contribution in [3.8, 4) is 5.82 Å². The van der Waals surface area contributed by atoms with Crippen LogP contribution in [0.25, 0.3) is 5.82 Å². The summed E-state index contributed by atoms with van der Waals surface area (Å²) in [7, 11) is 0. The molecule has 158 valence electrons. The number of pyridine rings is 1. The number of likely N-dealkylation sites (tertiary alicyclic amines) is 1. The number of nitrogens with one attached hydrogen (secondary N) is 1. The third kappa shape index (κ3) is 5.10. The molecule has 2 atom stereocenters. The highest BCUT2D eigenvalue weighted by Gasteiger charge is 2.35. The molecule has 0 aromatic carbocycles. The second-order valence-electron chi connectivity index (χ2n) is 8.24. The summed E-state index contributed by atoms with van der Waals surface area (Å²) in [6, 6.07) is 6.20. The molecule has 2 aromatic rings. The van der Waals surface area contributed by atoms with Gasteiger partial charge in [0.15, 0.2) is 11.8 Å². The lowest BCUT2D eigenvalue weighted by molar-refractivity contribution is 0.299. The number of hydrogen-bond acceptors (Lipinski definition) is 3. The van der Waals surface area contributed by atoms with Crippen LogP contribution < -0.4 is 5.32 Å². The number of guanidine groups is 1. The van der Waals surface area contributed by atoms with E-state index in [1.807, 2.05) is 23.9 Å². The summed E-state index contributed by atoms with van der Waals surface area (Å²) >= 11 is 0. The van der Waals surface area contributed by atoms with Crippen LogP contribution in [0.4, 0.5) is 0 Å². The molecule has 1 N–H and O–H groups in total. The zero-order valence-corrected chi connectivity index (χ0v) is 20.1. The lowest BCUT2D eigenvalue weighted by atomic mass is 9.82. The van der Waals surface area contributed by atoms with Crippen molar-refractivity contribution in [2.45, 2.75) is 53.0 Å². The summed E-state index contributed by atoms with van der Waals surface area (Å²) in [4.78, 5) is 12.0. The maximum absolute atomic E-state index is 4.92. The van der Waals surface area contributed by atoms with Gasteiger partial charge in [-0.25, -0.2) is 14.7 Å². The van der Waals surface area contributed by atoms with Crippen molar-refractivity contribution in [3.63, 3.8) is 0 Å².